The minimum Gasteiger partial charge on any atom is -0.493 e. The van der Waals surface area contributed by atoms with Crippen molar-refractivity contribution >= 4 is 0 Å². The van der Waals surface area contributed by atoms with Gasteiger partial charge in [0.05, 0.1) is 13.2 Å². The summed E-state index contributed by atoms with van der Waals surface area (Å²) in [6, 6.07) is 6.24. The summed E-state index contributed by atoms with van der Waals surface area (Å²) in [6.07, 6.45) is 1.98. The van der Waals surface area contributed by atoms with Gasteiger partial charge in [-0.3, -0.25) is 0 Å². The SMILES string of the molecule is Cc1cccc(CCN)c1OCC1CCOC1. The molecule has 1 fully saturated rings. The molecule has 3 nitrogen and oxygen atoms in total. The summed E-state index contributed by atoms with van der Waals surface area (Å²) < 4.78 is 11.3. The van der Waals surface area contributed by atoms with Crippen LogP contribution in [0.1, 0.15) is 17.5 Å². The van der Waals surface area contributed by atoms with Crippen LogP contribution in [0, 0.1) is 12.8 Å². The molecule has 3 heteroatoms. The molecule has 1 heterocycles. The molecule has 1 saturated heterocycles. The average Bonchev–Trinajstić information content (AvgIpc) is 2.82. The molecule has 94 valence electrons. The zero-order valence-electron chi connectivity index (χ0n) is 10.4. The van der Waals surface area contributed by atoms with E-state index in [0.717, 1.165) is 38.4 Å². The number of para-hydroxylation sites is 1. The minimum atomic E-state index is 0.542. The molecule has 0 aliphatic carbocycles. The van der Waals surface area contributed by atoms with Crippen LogP contribution >= 0.6 is 0 Å². The molecule has 0 amide bonds. The molecule has 2 N–H and O–H groups in total. The van der Waals surface area contributed by atoms with Crippen molar-refractivity contribution in [2.24, 2.45) is 11.7 Å². The number of nitrogens with two attached hydrogens (primary N) is 1. The molecule has 1 aliphatic rings. The molecule has 1 aliphatic heterocycles. The number of hydrogen-bond donors (Lipinski definition) is 1. The van der Waals surface area contributed by atoms with E-state index in [4.69, 9.17) is 15.2 Å². The highest BCUT2D eigenvalue weighted by atomic mass is 16.5. The van der Waals surface area contributed by atoms with Gasteiger partial charge in [-0.2, -0.15) is 0 Å². The summed E-state index contributed by atoms with van der Waals surface area (Å²) >= 11 is 0. The van der Waals surface area contributed by atoms with E-state index >= 15 is 0 Å². The minimum absolute atomic E-state index is 0.542. The smallest absolute Gasteiger partial charge is 0.125 e. The second-order valence-electron chi connectivity index (χ2n) is 4.64. The maximum absolute atomic E-state index is 5.97. The Labute approximate surface area is 103 Å². The van der Waals surface area contributed by atoms with E-state index in [2.05, 4.69) is 25.1 Å². The predicted octanol–water partition coefficient (Wildman–Crippen LogP) is 1.91. The van der Waals surface area contributed by atoms with Gasteiger partial charge in [0.25, 0.3) is 0 Å². The number of hydrogen-bond acceptors (Lipinski definition) is 3. The van der Waals surface area contributed by atoms with Crippen LogP contribution in [-0.4, -0.2) is 26.4 Å². The summed E-state index contributed by atoms with van der Waals surface area (Å²) in [6.45, 7) is 5.20. The van der Waals surface area contributed by atoms with Crippen LogP contribution in [0.2, 0.25) is 0 Å². The lowest BCUT2D eigenvalue weighted by Gasteiger charge is -2.16. The summed E-state index contributed by atoms with van der Waals surface area (Å²) in [4.78, 5) is 0. The molecule has 1 unspecified atom stereocenters. The number of aryl methyl sites for hydroxylation is 1. The van der Waals surface area contributed by atoms with E-state index in [0.29, 0.717) is 12.5 Å². The molecule has 1 atom stereocenters. The van der Waals surface area contributed by atoms with Crippen LogP contribution in [0.3, 0.4) is 0 Å². The fourth-order valence-electron chi connectivity index (χ4n) is 2.19. The maximum atomic E-state index is 5.97. The Morgan fingerprint density at radius 2 is 2.35 bits per heavy atom. The molecule has 1 aromatic rings. The van der Waals surface area contributed by atoms with E-state index in [1.54, 1.807) is 0 Å². The first-order valence-electron chi connectivity index (χ1n) is 6.30. The third kappa shape index (κ3) is 3.20. The lowest BCUT2D eigenvalue weighted by molar-refractivity contribution is 0.166. The summed E-state index contributed by atoms with van der Waals surface area (Å²) in [5, 5.41) is 0. The molecular weight excluding hydrogens is 214 g/mol. The van der Waals surface area contributed by atoms with Gasteiger partial charge >= 0.3 is 0 Å². The van der Waals surface area contributed by atoms with Gasteiger partial charge in [0, 0.05) is 12.5 Å². The number of benzene rings is 1. The second kappa shape index (κ2) is 6.03. The summed E-state index contributed by atoms with van der Waals surface area (Å²) in [7, 11) is 0. The van der Waals surface area contributed by atoms with Crippen molar-refractivity contribution in [3.05, 3.63) is 29.3 Å². The number of rotatable bonds is 5. The van der Waals surface area contributed by atoms with Gasteiger partial charge in [0.15, 0.2) is 0 Å². The van der Waals surface area contributed by atoms with E-state index < -0.39 is 0 Å². The van der Waals surface area contributed by atoms with E-state index in [9.17, 15) is 0 Å². The highest BCUT2D eigenvalue weighted by Gasteiger charge is 2.17. The van der Waals surface area contributed by atoms with Crippen molar-refractivity contribution in [3.63, 3.8) is 0 Å². The third-order valence-electron chi connectivity index (χ3n) is 3.19. The van der Waals surface area contributed by atoms with Gasteiger partial charge in [-0.15, -0.1) is 0 Å². The predicted molar refractivity (Wildman–Crippen MR) is 68.4 cm³/mol. The Hall–Kier alpha value is -1.06. The van der Waals surface area contributed by atoms with Crippen molar-refractivity contribution in [3.8, 4) is 5.75 Å². The van der Waals surface area contributed by atoms with Gasteiger partial charge in [0.2, 0.25) is 0 Å². The third-order valence-corrected chi connectivity index (χ3v) is 3.19. The molecule has 0 aromatic heterocycles. The molecule has 2 rings (SSSR count). The van der Waals surface area contributed by atoms with Crippen LogP contribution in [0.25, 0.3) is 0 Å². The van der Waals surface area contributed by atoms with Gasteiger partial charge in [-0.05, 0) is 37.4 Å². The van der Waals surface area contributed by atoms with E-state index in [-0.39, 0.29) is 0 Å². The zero-order chi connectivity index (χ0) is 12.1. The Balaban J connectivity index is 2.02. The Bertz CT molecular complexity index is 359. The number of ether oxygens (including phenoxy) is 2. The molecule has 0 spiro atoms. The van der Waals surface area contributed by atoms with Gasteiger partial charge in [-0.25, -0.2) is 0 Å². The normalized spacial score (nSPS) is 19.5. The highest BCUT2D eigenvalue weighted by molar-refractivity contribution is 5.40. The van der Waals surface area contributed by atoms with Crippen molar-refractivity contribution in [2.75, 3.05) is 26.4 Å². The lowest BCUT2D eigenvalue weighted by Crippen LogP contribution is -2.14. The van der Waals surface area contributed by atoms with E-state index in [1.807, 2.05) is 0 Å². The molecule has 1 aromatic carbocycles. The quantitative estimate of drug-likeness (QED) is 0.848. The van der Waals surface area contributed by atoms with Gasteiger partial charge in [0.1, 0.15) is 5.75 Å². The summed E-state index contributed by atoms with van der Waals surface area (Å²) in [5.74, 6) is 1.56. The Kier molecular flexibility index (Phi) is 4.40. The summed E-state index contributed by atoms with van der Waals surface area (Å²) in [5.41, 5.74) is 8.03. The molecule has 0 radical (unpaired) electrons. The van der Waals surface area contributed by atoms with Gasteiger partial charge < -0.3 is 15.2 Å². The second-order valence-corrected chi connectivity index (χ2v) is 4.64. The highest BCUT2D eigenvalue weighted by Crippen LogP contribution is 2.25. The first kappa shape index (κ1) is 12.4. The van der Waals surface area contributed by atoms with Crippen LogP contribution in [0.5, 0.6) is 5.75 Å². The monoisotopic (exact) mass is 235 g/mol. The fraction of sp³-hybridized carbons (Fsp3) is 0.571. The van der Waals surface area contributed by atoms with Crippen LogP contribution < -0.4 is 10.5 Å². The Morgan fingerprint density at radius 1 is 1.47 bits per heavy atom. The van der Waals surface area contributed by atoms with Crippen LogP contribution in [0.15, 0.2) is 18.2 Å². The fourth-order valence-corrected chi connectivity index (χ4v) is 2.19. The maximum Gasteiger partial charge on any atom is 0.125 e. The van der Waals surface area contributed by atoms with Crippen LogP contribution in [-0.2, 0) is 11.2 Å². The first-order chi connectivity index (χ1) is 8.31. The van der Waals surface area contributed by atoms with Crippen molar-refractivity contribution in [2.45, 2.75) is 19.8 Å². The zero-order valence-corrected chi connectivity index (χ0v) is 10.4. The van der Waals surface area contributed by atoms with Crippen molar-refractivity contribution in [1.82, 2.24) is 0 Å². The van der Waals surface area contributed by atoms with Gasteiger partial charge in [-0.1, -0.05) is 18.2 Å². The standard InChI is InChI=1S/C14H21NO2/c1-11-3-2-4-13(5-7-15)14(11)17-10-12-6-8-16-9-12/h2-4,12H,5-10,15H2,1H3. The Morgan fingerprint density at radius 3 is 3.06 bits per heavy atom. The molecule has 0 bridgehead atoms. The first-order valence-corrected chi connectivity index (χ1v) is 6.30. The topological polar surface area (TPSA) is 44.5 Å². The molecule has 0 saturated carbocycles. The van der Waals surface area contributed by atoms with Crippen molar-refractivity contribution < 1.29 is 9.47 Å². The van der Waals surface area contributed by atoms with E-state index in [1.165, 1.54) is 11.1 Å². The lowest BCUT2D eigenvalue weighted by atomic mass is 10.1. The van der Waals surface area contributed by atoms with Crippen molar-refractivity contribution in [1.29, 1.82) is 0 Å². The molecule has 17 heavy (non-hydrogen) atoms. The largest absolute Gasteiger partial charge is 0.493 e. The van der Waals surface area contributed by atoms with Crippen LogP contribution in [0.4, 0.5) is 0 Å². The molecular formula is C14H21NO2. The average molecular weight is 235 g/mol.